The Hall–Kier alpha value is -3.01. The molecule has 1 heterocycles. The van der Waals surface area contributed by atoms with Crippen LogP contribution in [-0.2, 0) is 19.4 Å². The number of hydrogen-bond acceptors (Lipinski definition) is 2. The van der Waals surface area contributed by atoms with Crippen LogP contribution in [0.5, 0.6) is 0 Å². The smallest absolute Gasteiger partial charge is 0.387 e. The molecule has 0 aliphatic heterocycles. The third-order valence-electron chi connectivity index (χ3n) is 4.60. The third-order valence-corrected chi connectivity index (χ3v) is 4.60. The minimum Gasteiger partial charge on any atom is -0.387 e. The number of amides is 1. The fourth-order valence-corrected chi connectivity index (χ4v) is 3.00. The van der Waals surface area contributed by atoms with E-state index >= 15 is 0 Å². The fourth-order valence-electron chi connectivity index (χ4n) is 3.00. The van der Waals surface area contributed by atoms with Gasteiger partial charge < -0.3 is 15.0 Å². The van der Waals surface area contributed by atoms with Crippen molar-refractivity contribution in [3.63, 3.8) is 0 Å². The quantitative estimate of drug-likeness (QED) is 0.591. The first kappa shape index (κ1) is 21.7. The van der Waals surface area contributed by atoms with E-state index in [0.717, 1.165) is 10.9 Å². The van der Waals surface area contributed by atoms with Gasteiger partial charge in [-0.2, -0.15) is 26.3 Å². The van der Waals surface area contributed by atoms with Crippen molar-refractivity contribution in [2.45, 2.75) is 18.5 Å². The van der Waals surface area contributed by atoms with Gasteiger partial charge in [-0.3, -0.25) is 4.79 Å². The van der Waals surface area contributed by atoms with Crippen molar-refractivity contribution in [3.8, 4) is 0 Å². The van der Waals surface area contributed by atoms with E-state index < -0.39 is 47.6 Å². The molecular formula is C20H16F6N2O2. The normalized spacial score (nSPS) is 13.5. The number of benzene rings is 2. The number of carbonyl (C=O) groups is 1. The van der Waals surface area contributed by atoms with Gasteiger partial charge in [0.2, 0.25) is 0 Å². The predicted molar refractivity (Wildman–Crippen MR) is 96.7 cm³/mol. The van der Waals surface area contributed by atoms with Crippen LogP contribution in [0.15, 0.2) is 48.7 Å². The lowest BCUT2D eigenvalue weighted by molar-refractivity contribution is -0.143. The largest absolute Gasteiger partial charge is 0.416 e. The maximum Gasteiger partial charge on any atom is 0.416 e. The molecule has 1 unspecified atom stereocenters. The van der Waals surface area contributed by atoms with E-state index in [0.29, 0.717) is 17.7 Å². The van der Waals surface area contributed by atoms with Gasteiger partial charge in [0.25, 0.3) is 5.91 Å². The fraction of sp³-hybridized carbons (Fsp3) is 0.250. The Kier molecular flexibility index (Phi) is 5.55. The van der Waals surface area contributed by atoms with Crippen molar-refractivity contribution in [2.75, 3.05) is 6.54 Å². The Morgan fingerprint density at radius 2 is 1.60 bits per heavy atom. The van der Waals surface area contributed by atoms with Gasteiger partial charge in [-0.25, -0.2) is 0 Å². The van der Waals surface area contributed by atoms with Gasteiger partial charge in [-0.05, 0) is 47.3 Å². The Bertz CT molecular complexity index is 1050. The molecule has 1 aromatic heterocycles. The van der Waals surface area contributed by atoms with Gasteiger partial charge in [0, 0.05) is 30.9 Å². The molecule has 0 bridgehead atoms. The van der Waals surface area contributed by atoms with Crippen LogP contribution in [0, 0.1) is 0 Å². The number of aliphatic hydroxyl groups excluding tert-OH is 1. The van der Waals surface area contributed by atoms with E-state index in [1.165, 1.54) is 0 Å². The molecule has 10 heteroatoms. The number of nitrogens with one attached hydrogen (secondary N) is 1. The molecule has 0 fully saturated rings. The highest BCUT2D eigenvalue weighted by Gasteiger charge is 2.37. The van der Waals surface area contributed by atoms with Crippen LogP contribution >= 0.6 is 0 Å². The average molecular weight is 430 g/mol. The lowest BCUT2D eigenvalue weighted by Crippen LogP contribution is -2.29. The van der Waals surface area contributed by atoms with Crippen molar-refractivity contribution in [1.29, 1.82) is 0 Å². The summed E-state index contributed by atoms with van der Waals surface area (Å²) in [5, 5.41) is 13.3. The van der Waals surface area contributed by atoms with E-state index in [4.69, 9.17) is 0 Å². The van der Waals surface area contributed by atoms with Gasteiger partial charge in [0.15, 0.2) is 0 Å². The highest BCUT2D eigenvalue weighted by Crippen LogP contribution is 2.36. The lowest BCUT2D eigenvalue weighted by atomic mass is 10.0. The molecule has 0 aliphatic rings. The summed E-state index contributed by atoms with van der Waals surface area (Å²) in [4.78, 5) is 12.2. The standard InChI is InChI=1S/C20H16F6N2O2/c1-28-5-4-11-6-12(2-3-16(11)28)17(29)10-27-18(30)13-7-14(19(21,22)23)9-15(8-13)20(24,25)26/h2-9,17,29H,10H2,1H3,(H,27,30). The van der Waals surface area contributed by atoms with Crippen molar-refractivity contribution >= 4 is 16.8 Å². The number of aromatic nitrogens is 1. The van der Waals surface area contributed by atoms with E-state index in [1.807, 2.05) is 23.9 Å². The zero-order valence-electron chi connectivity index (χ0n) is 15.5. The summed E-state index contributed by atoms with van der Waals surface area (Å²) in [7, 11) is 1.84. The number of aliphatic hydroxyl groups is 1. The van der Waals surface area contributed by atoms with E-state index in [2.05, 4.69) is 5.32 Å². The number of hydrogen-bond donors (Lipinski definition) is 2. The summed E-state index contributed by atoms with van der Waals surface area (Å²) in [5.41, 5.74) is -2.63. The van der Waals surface area contributed by atoms with E-state index in [-0.39, 0.29) is 6.07 Å². The van der Waals surface area contributed by atoms with Gasteiger partial charge in [-0.15, -0.1) is 0 Å². The predicted octanol–water partition coefficient (Wildman–Crippen LogP) is 4.68. The highest BCUT2D eigenvalue weighted by molar-refractivity contribution is 5.94. The summed E-state index contributed by atoms with van der Waals surface area (Å²) in [6.45, 7) is -0.394. The first-order valence-electron chi connectivity index (χ1n) is 8.67. The molecule has 2 N–H and O–H groups in total. The van der Waals surface area contributed by atoms with Gasteiger partial charge >= 0.3 is 12.4 Å². The third kappa shape index (κ3) is 4.59. The molecule has 0 saturated carbocycles. The Morgan fingerprint density at radius 1 is 1.00 bits per heavy atom. The van der Waals surface area contributed by atoms with Crippen LogP contribution < -0.4 is 5.32 Å². The van der Waals surface area contributed by atoms with Crippen LogP contribution in [0.4, 0.5) is 26.3 Å². The average Bonchev–Trinajstić information content (AvgIpc) is 3.04. The number of aryl methyl sites for hydroxylation is 1. The maximum atomic E-state index is 12.9. The Labute approximate surface area is 166 Å². The lowest BCUT2D eigenvalue weighted by Gasteiger charge is -2.16. The molecular weight excluding hydrogens is 414 g/mol. The molecule has 2 aromatic carbocycles. The van der Waals surface area contributed by atoms with Gasteiger partial charge in [-0.1, -0.05) is 6.07 Å². The second-order valence-corrected chi connectivity index (χ2v) is 6.77. The number of alkyl halides is 6. The molecule has 160 valence electrons. The number of halogens is 6. The van der Waals surface area contributed by atoms with Crippen molar-refractivity contribution in [2.24, 2.45) is 7.05 Å². The first-order valence-corrected chi connectivity index (χ1v) is 8.67. The second-order valence-electron chi connectivity index (χ2n) is 6.77. The molecule has 4 nitrogen and oxygen atoms in total. The molecule has 0 aliphatic carbocycles. The molecule has 30 heavy (non-hydrogen) atoms. The first-order chi connectivity index (χ1) is 13.9. The molecule has 0 saturated heterocycles. The molecule has 0 radical (unpaired) electrons. The van der Waals surface area contributed by atoms with Crippen molar-refractivity contribution in [1.82, 2.24) is 9.88 Å². The maximum absolute atomic E-state index is 12.9. The molecule has 1 amide bonds. The van der Waals surface area contributed by atoms with Crippen LogP contribution in [-0.4, -0.2) is 22.1 Å². The topological polar surface area (TPSA) is 54.3 Å². The Balaban J connectivity index is 1.79. The molecule has 3 aromatic rings. The summed E-state index contributed by atoms with van der Waals surface area (Å²) in [6, 6.07) is 7.48. The number of rotatable bonds is 4. The molecule has 1 atom stereocenters. The summed E-state index contributed by atoms with van der Waals surface area (Å²) < 4.78 is 79.4. The van der Waals surface area contributed by atoms with Gasteiger partial charge in [0.05, 0.1) is 17.2 Å². The second kappa shape index (κ2) is 7.67. The zero-order chi connectivity index (χ0) is 22.3. The molecule has 0 spiro atoms. The van der Waals surface area contributed by atoms with Crippen LogP contribution in [0.1, 0.15) is 33.2 Å². The van der Waals surface area contributed by atoms with E-state index in [1.54, 1.807) is 18.2 Å². The number of carbonyl (C=O) groups excluding carboxylic acids is 1. The summed E-state index contributed by atoms with van der Waals surface area (Å²) >= 11 is 0. The minimum atomic E-state index is -5.05. The van der Waals surface area contributed by atoms with Gasteiger partial charge in [0.1, 0.15) is 0 Å². The summed E-state index contributed by atoms with van der Waals surface area (Å²) in [5.74, 6) is -1.16. The monoisotopic (exact) mass is 430 g/mol. The van der Waals surface area contributed by atoms with Crippen molar-refractivity contribution < 1.29 is 36.2 Å². The van der Waals surface area contributed by atoms with Crippen LogP contribution in [0.2, 0.25) is 0 Å². The highest BCUT2D eigenvalue weighted by atomic mass is 19.4. The zero-order valence-corrected chi connectivity index (χ0v) is 15.5. The number of nitrogens with zero attached hydrogens (tertiary/aromatic N) is 1. The SMILES string of the molecule is Cn1ccc2cc(C(O)CNC(=O)c3cc(C(F)(F)F)cc(C(F)(F)F)c3)ccc21. The number of fused-ring (bicyclic) bond motifs is 1. The molecule has 3 rings (SSSR count). The summed E-state index contributed by atoms with van der Waals surface area (Å²) in [6.07, 6.45) is -9.50. The minimum absolute atomic E-state index is 0.0549. The van der Waals surface area contributed by atoms with Crippen LogP contribution in [0.3, 0.4) is 0 Å². The van der Waals surface area contributed by atoms with Crippen molar-refractivity contribution in [3.05, 3.63) is 70.9 Å². The Morgan fingerprint density at radius 3 is 2.17 bits per heavy atom. The van der Waals surface area contributed by atoms with E-state index in [9.17, 15) is 36.2 Å². The van der Waals surface area contributed by atoms with Crippen LogP contribution in [0.25, 0.3) is 10.9 Å².